The first-order valence-electron chi connectivity index (χ1n) is 10.7. The molecule has 0 atom stereocenters. The molecule has 1 N–H and O–H groups in total. The Balaban J connectivity index is 1.59. The molecule has 0 aromatic heterocycles. The average molecular weight is 400 g/mol. The fourth-order valence-electron chi connectivity index (χ4n) is 4.15. The van der Waals surface area contributed by atoms with Crippen LogP contribution in [0.3, 0.4) is 0 Å². The lowest BCUT2D eigenvalue weighted by atomic mass is 9.90. The second-order valence-corrected chi connectivity index (χ2v) is 7.68. The van der Waals surface area contributed by atoms with Crippen LogP contribution in [0.15, 0.2) is 84.9 Å². The van der Waals surface area contributed by atoms with Crippen LogP contribution in [-0.2, 0) is 4.79 Å². The van der Waals surface area contributed by atoms with Gasteiger partial charge >= 0.3 is 0 Å². The lowest BCUT2D eigenvalue weighted by Gasteiger charge is -2.36. The topological polar surface area (TPSA) is 35.6 Å². The van der Waals surface area contributed by atoms with E-state index < -0.39 is 0 Å². The summed E-state index contributed by atoms with van der Waals surface area (Å²) >= 11 is 0. The zero-order valence-electron chi connectivity index (χ0n) is 17.5. The van der Waals surface area contributed by atoms with Gasteiger partial charge in [0.25, 0.3) is 0 Å². The molecule has 1 amide bonds. The summed E-state index contributed by atoms with van der Waals surface area (Å²) in [6.07, 6.45) is 0. The number of likely N-dealkylation sites (N-methyl/N-ethyl adjacent to an activating group) is 1. The third-order valence-electron chi connectivity index (χ3n) is 5.85. The van der Waals surface area contributed by atoms with Crippen LogP contribution in [0, 0.1) is 0 Å². The maximum atomic E-state index is 13.5. The Morgan fingerprint density at radius 3 is 1.90 bits per heavy atom. The smallest absolute Gasteiger partial charge is 0.236 e. The summed E-state index contributed by atoms with van der Waals surface area (Å²) in [7, 11) is 0. The lowest BCUT2D eigenvalue weighted by Crippen LogP contribution is -2.46. The van der Waals surface area contributed by atoms with Gasteiger partial charge in [0.15, 0.2) is 0 Å². The Morgan fingerprint density at radius 2 is 1.33 bits per heavy atom. The minimum Gasteiger partial charge on any atom is -0.367 e. The van der Waals surface area contributed by atoms with E-state index in [1.807, 2.05) is 78.9 Å². The van der Waals surface area contributed by atoms with Crippen LogP contribution in [0.2, 0.25) is 0 Å². The van der Waals surface area contributed by atoms with Crippen molar-refractivity contribution in [1.29, 1.82) is 0 Å². The Labute approximate surface area is 179 Å². The normalized spacial score (nSPS) is 14.7. The molecule has 0 bridgehead atoms. The van der Waals surface area contributed by atoms with Crippen molar-refractivity contribution < 1.29 is 4.79 Å². The standard InChI is InChI=1S/C26H29N3O/c1-2-28-17-19-29(20-18-28)24-16-10-9-15-23(24)27-26(30)25(21-11-5-3-6-12-21)22-13-7-4-8-14-22/h3-16,25H,2,17-20H2,1H3,(H,27,30). The van der Waals surface area contributed by atoms with Gasteiger partial charge in [-0.15, -0.1) is 0 Å². The number of hydrogen-bond donors (Lipinski definition) is 1. The highest BCUT2D eigenvalue weighted by Crippen LogP contribution is 2.30. The van der Waals surface area contributed by atoms with Crippen molar-refractivity contribution in [3.63, 3.8) is 0 Å². The van der Waals surface area contributed by atoms with Crippen LogP contribution in [0.5, 0.6) is 0 Å². The van der Waals surface area contributed by atoms with Gasteiger partial charge < -0.3 is 15.1 Å². The van der Waals surface area contributed by atoms with E-state index in [0.717, 1.165) is 55.2 Å². The highest BCUT2D eigenvalue weighted by Gasteiger charge is 2.24. The van der Waals surface area contributed by atoms with Gasteiger partial charge in [-0.3, -0.25) is 4.79 Å². The largest absolute Gasteiger partial charge is 0.367 e. The number of nitrogens with one attached hydrogen (secondary N) is 1. The van der Waals surface area contributed by atoms with Crippen LogP contribution < -0.4 is 10.2 Å². The summed E-state index contributed by atoms with van der Waals surface area (Å²) in [6.45, 7) is 7.34. The number of benzene rings is 3. The summed E-state index contributed by atoms with van der Waals surface area (Å²) in [5, 5.41) is 3.24. The molecule has 4 heteroatoms. The van der Waals surface area contributed by atoms with Crippen molar-refractivity contribution in [1.82, 2.24) is 4.90 Å². The molecule has 1 aliphatic heterocycles. The van der Waals surface area contributed by atoms with Crippen LogP contribution in [0.4, 0.5) is 11.4 Å². The molecule has 0 radical (unpaired) electrons. The van der Waals surface area contributed by atoms with Gasteiger partial charge in [0, 0.05) is 26.2 Å². The SMILES string of the molecule is CCN1CCN(c2ccccc2NC(=O)C(c2ccccc2)c2ccccc2)CC1. The third-order valence-corrected chi connectivity index (χ3v) is 5.85. The number of para-hydroxylation sites is 2. The molecule has 0 aliphatic carbocycles. The number of piperazine rings is 1. The van der Waals surface area contributed by atoms with Gasteiger partial charge in [-0.05, 0) is 29.8 Å². The fourth-order valence-corrected chi connectivity index (χ4v) is 4.15. The van der Waals surface area contributed by atoms with Crippen LogP contribution in [0.25, 0.3) is 0 Å². The molecule has 0 saturated carbocycles. The molecule has 4 nitrogen and oxygen atoms in total. The minimum atomic E-state index is -0.350. The highest BCUT2D eigenvalue weighted by molar-refractivity contribution is 6.00. The van der Waals surface area contributed by atoms with E-state index in [9.17, 15) is 4.79 Å². The van der Waals surface area contributed by atoms with Crippen LogP contribution in [-0.4, -0.2) is 43.5 Å². The summed E-state index contributed by atoms with van der Waals surface area (Å²) in [6, 6.07) is 28.1. The van der Waals surface area contributed by atoms with Gasteiger partial charge in [-0.2, -0.15) is 0 Å². The van der Waals surface area contributed by atoms with Crippen molar-refractivity contribution in [2.75, 3.05) is 42.9 Å². The second-order valence-electron chi connectivity index (χ2n) is 7.68. The Bertz CT molecular complexity index is 911. The molecule has 0 unspecified atom stereocenters. The van der Waals surface area contributed by atoms with Crippen molar-refractivity contribution in [3.05, 3.63) is 96.1 Å². The quantitative estimate of drug-likeness (QED) is 0.658. The van der Waals surface area contributed by atoms with E-state index in [1.165, 1.54) is 0 Å². The zero-order valence-corrected chi connectivity index (χ0v) is 17.5. The van der Waals surface area contributed by atoms with E-state index in [-0.39, 0.29) is 11.8 Å². The molecule has 4 rings (SSSR count). The number of anilines is 2. The number of rotatable bonds is 6. The van der Waals surface area contributed by atoms with E-state index in [4.69, 9.17) is 0 Å². The molecule has 1 aliphatic rings. The molecule has 1 fully saturated rings. The molecule has 1 saturated heterocycles. The van der Waals surface area contributed by atoms with Gasteiger partial charge in [-0.25, -0.2) is 0 Å². The number of carbonyl (C=O) groups is 1. The lowest BCUT2D eigenvalue weighted by molar-refractivity contribution is -0.116. The molecular formula is C26H29N3O. The first-order valence-corrected chi connectivity index (χ1v) is 10.7. The monoisotopic (exact) mass is 399 g/mol. The van der Waals surface area contributed by atoms with Gasteiger partial charge in [0.05, 0.1) is 17.3 Å². The van der Waals surface area contributed by atoms with Crippen molar-refractivity contribution >= 4 is 17.3 Å². The first kappa shape index (κ1) is 20.2. The molecule has 1 heterocycles. The van der Waals surface area contributed by atoms with Gasteiger partial charge in [0.1, 0.15) is 0 Å². The Kier molecular flexibility index (Phi) is 6.45. The minimum absolute atomic E-state index is 0.00737. The van der Waals surface area contributed by atoms with E-state index >= 15 is 0 Å². The molecule has 30 heavy (non-hydrogen) atoms. The summed E-state index contributed by atoms with van der Waals surface area (Å²) in [5.41, 5.74) is 3.97. The third kappa shape index (κ3) is 4.55. The fraction of sp³-hybridized carbons (Fsp3) is 0.269. The average Bonchev–Trinajstić information content (AvgIpc) is 2.81. The Hall–Kier alpha value is -3.11. The highest BCUT2D eigenvalue weighted by atomic mass is 16.1. The number of nitrogens with zero attached hydrogens (tertiary/aromatic N) is 2. The number of hydrogen-bond acceptors (Lipinski definition) is 3. The first-order chi connectivity index (χ1) is 14.8. The predicted octanol–water partition coefficient (Wildman–Crippen LogP) is 4.60. The number of carbonyl (C=O) groups excluding carboxylic acids is 1. The van der Waals surface area contributed by atoms with Gasteiger partial charge in [0.2, 0.25) is 5.91 Å². The second kappa shape index (κ2) is 9.59. The maximum Gasteiger partial charge on any atom is 0.236 e. The Morgan fingerprint density at radius 1 is 0.800 bits per heavy atom. The molecule has 0 spiro atoms. The predicted molar refractivity (Wildman–Crippen MR) is 124 cm³/mol. The van der Waals surface area contributed by atoms with Crippen molar-refractivity contribution in [2.24, 2.45) is 0 Å². The molecular weight excluding hydrogens is 370 g/mol. The van der Waals surface area contributed by atoms with Crippen LogP contribution >= 0.6 is 0 Å². The molecule has 3 aromatic rings. The van der Waals surface area contributed by atoms with E-state index in [1.54, 1.807) is 0 Å². The van der Waals surface area contributed by atoms with Crippen LogP contribution in [0.1, 0.15) is 24.0 Å². The van der Waals surface area contributed by atoms with Gasteiger partial charge in [-0.1, -0.05) is 79.7 Å². The maximum absolute atomic E-state index is 13.5. The van der Waals surface area contributed by atoms with E-state index in [0.29, 0.717) is 0 Å². The summed E-state index contributed by atoms with van der Waals surface area (Å²) < 4.78 is 0. The summed E-state index contributed by atoms with van der Waals surface area (Å²) in [4.78, 5) is 18.3. The zero-order chi connectivity index (χ0) is 20.8. The molecule has 3 aromatic carbocycles. The van der Waals surface area contributed by atoms with E-state index in [2.05, 4.69) is 28.1 Å². The number of amides is 1. The van der Waals surface area contributed by atoms with Crippen molar-refractivity contribution in [2.45, 2.75) is 12.8 Å². The molecule has 154 valence electrons. The summed E-state index contributed by atoms with van der Waals surface area (Å²) in [5.74, 6) is -0.357. The van der Waals surface area contributed by atoms with Crippen molar-refractivity contribution in [3.8, 4) is 0 Å².